The van der Waals surface area contributed by atoms with Crippen molar-refractivity contribution in [3.8, 4) is 0 Å². The summed E-state index contributed by atoms with van der Waals surface area (Å²) in [5.74, 6) is 0.320. The average molecular weight is 445 g/mol. The van der Waals surface area contributed by atoms with Crippen LogP contribution in [0, 0.1) is 13.8 Å². The minimum absolute atomic E-state index is 0.0587. The van der Waals surface area contributed by atoms with Crippen molar-refractivity contribution in [1.82, 2.24) is 9.91 Å². The highest BCUT2D eigenvalue weighted by molar-refractivity contribution is 6.03. The van der Waals surface area contributed by atoms with Crippen LogP contribution in [0.15, 0.2) is 76.4 Å². The molecular weight excluding hydrogens is 416 g/mol. The third-order valence-electron chi connectivity index (χ3n) is 5.58. The molecule has 7 nitrogen and oxygen atoms in total. The van der Waals surface area contributed by atoms with Crippen LogP contribution in [-0.2, 0) is 9.59 Å². The maximum Gasteiger partial charge on any atom is 0.257 e. The minimum atomic E-state index is -0.307. The lowest BCUT2D eigenvalue weighted by atomic mass is 10.0. The Kier molecular flexibility index (Phi) is 6.70. The van der Waals surface area contributed by atoms with E-state index in [1.807, 2.05) is 74.5 Å². The number of benzene rings is 2. The van der Waals surface area contributed by atoms with Crippen LogP contribution in [0.5, 0.6) is 0 Å². The summed E-state index contributed by atoms with van der Waals surface area (Å²) in [6, 6.07) is 19.1. The van der Waals surface area contributed by atoms with Gasteiger partial charge in [-0.25, -0.2) is 5.01 Å². The van der Waals surface area contributed by atoms with Crippen molar-refractivity contribution in [3.63, 3.8) is 0 Å². The predicted octanol–water partition coefficient (Wildman–Crippen LogP) is 4.14. The molecule has 0 spiro atoms. The summed E-state index contributed by atoms with van der Waals surface area (Å²) in [7, 11) is 1.75. The molecular formula is C26H28N4O3. The van der Waals surface area contributed by atoms with Crippen LogP contribution in [0.25, 0.3) is 0 Å². The van der Waals surface area contributed by atoms with Gasteiger partial charge in [-0.3, -0.25) is 14.5 Å². The zero-order chi connectivity index (χ0) is 23.4. The summed E-state index contributed by atoms with van der Waals surface area (Å²) in [6.45, 7) is 4.18. The van der Waals surface area contributed by atoms with E-state index in [0.29, 0.717) is 12.2 Å². The van der Waals surface area contributed by atoms with Crippen molar-refractivity contribution in [1.29, 1.82) is 0 Å². The second-order valence-electron chi connectivity index (χ2n) is 8.47. The number of nitrogens with zero attached hydrogens (tertiary/aromatic N) is 3. The van der Waals surface area contributed by atoms with E-state index >= 15 is 0 Å². The third-order valence-corrected chi connectivity index (χ3v) is 5.58. The predicted molar refractivity (Wildman–Crippen MR) is 128 cm³/mol. The molecule has 1 aliphatic rings. The van der Waals surface area contributed by atoms with Crippen molar-refractivity contribution in [2.75, 3.05) is 25.5 Å². The molecule has 1 N–H and O–H groups in total. The molecule has 2 amide bonds. The first-order chi connectivity index (χ1) is 15.9. The van der Waals surface area contributed by atoms with Crippen LogP contribution < -0.4 is 5.32 Å². The Balaban J connectivity index is 1.43. The zero-order valence-electron chi connectivity index (χ0n) is 19.1. The van der Waals surface area contributed by atoms with E-state index < -0.39 is 0 Å². The van der Waals surface area contributed by atoms with Gasteiger partial charge in [0.2, 0.25) is 5.91 Å². The number of hydrogen-bond acceptors (Lipinski definition) is 5. The average Bonchev–Trinajstić information content (AvgIpc) is 3.45. The van der Waals surface area contributed by atoms with Gasteiger partial charge in [0, 0.05) is 12.1 Å². The van der Waals surface area contributed by atoms with E-state index in [-0.39, 0.29) is 30.9 Å². The van der Waals surface area contributed by atoms with E-state index in [4.69, 9.17) is 4.42 Å². The van der Waals surface area contributed by atoms with Gasteiger partial charge >= 0.3 is 0 Å². The van der Waals surface area contributed by atoms with Crippen LogP contribution in [0.3, 0.4) is 0 Å². The van der Waals surface area contributed by atoms with E-state index in [2.05, 4.69) is 10.4 Å². The maximum absolute atomic E-state index is 13.2. The number of carbonyl (C=O) groups is 2. The molecule has 1 atom stereocenters. The van der Waals surface area contributed by atoms with Crippen molar-refractivity contribution < 1.29 is 14.0 Å². The number of carbonyl (C=O) groups excluding carboxylic acids is 2. The Bertz CT molecular complexity index is 1140. The minimum Gasteiger partial charge on any atom is -0.467 e. The molecule has 3 aromatic rings. The lowest BCUT2D eigenvalue weighted by molar-refractivity contribution is -0.134. The molecule has 1 aliphatic heterocycles. The molecule has 4 rings (SSSR count). The summed E-state index contributed by atoms with van der Waals surface area (Å²) in [4.78, 5) is 27.3. The smallest absolute Gasteiger partial charge is 0.257 e. The highest BCUT2D eigenvalue weighted by atomic mass is 16.3. The topological polar surface area (TPSA) is 78.2 Å². The Hall–Kier alpha value is -3.71. The van der Waals surface area contributed by atoms with Gasteiger partial charge < -0.3 is 9.73 Å². The van der Waals surface area contributed by atoms with Gasteiger partial charge in [-0.1, -0.05) is 47.5 Å². The van der Waals surface area contributed by atoms with Gasteiger partial charge in [-0.05, 0) is 50.7 Å². The zero-order valence-corrected chi connectivity index (χ0v) is 19.1. The monoisotopic (exact) mass is 444 g/mol. The first kappa shape index (κ1) is 22.5. The number of hydrogen-bond donors (Lipinski definition) is 1. The number of nitrogens with one attached hydrogen (secondary N) is 1. The SMILES string of the molecule is Cc1ccc(NC(=O)CN(C)CC(=O)N2N=C(c3ccc(C)cc3)CC2c2ccco2)cc1. The van der Waals surface area contributed by atoms with E-state index in [1.54, 1.807) is 18.2 Å². The molecule has 0 aliphatic carbocycles. The maximum atomic E-state index is 13.2. The van der Waals surface area contributed by atoms with Gasteiger partial charge in [-0.2, -0.15) is 5.10 Å². The number of likely N-dealkylation sites (N-methyl/N-ethyl adjacent to an activating group) is 1. The van der Waals surface area contributed by atoms with Crippen molar-refractivity contribution in [3.05, 3.63) is 89.4 Å². The fraction of sp³-hybridized carbons (Fsp3) is 0.269. The van der Waals surface area contributed by atoms with Crippen LogP contribution in [0.2, 0.25) is 0 Å². The van der Waals surface area contributed by atoms with Gasteiger partial charge in [-0.15, -0.1) is 0 Å². The Morgan fingerprint density at radius 1 is 1.03 bits per heavy atom. The molecule has 1 aromatic heterocycles. The number of aryl methyl sites for hydroxylation is 2. The number of amides is 2. The summed E-state index contributed by atoms with van der Waals surface area (Å²) in [5.41, 5.74) is 4.84. The Morgan fingerprint density at radius 2 is 1.70 bits per heavy atom. The molecule has 1 unspecified atom stereocenters. The Morgan fingerprint density at radius 3 is 2.33 bits per heavy atom. The van der Waals surface area contributed by atoms with E-state index in [1.165, 1.54) is 10.6 Å². The molecule has 0 radical (unpaired) electrons. The van der Waals surface area contributed by atoms with E-state index in [9.17, 15) is 9.59 Å². The first-order valence-electron chi connectivity index (χ1n) is 10.9. The molecule has 2 aromatic carbocycles. The van der Waals surface area contributed by atoms with Crippen molar-refractivity contribution in [2.45, 2.75) is 26.3 Å². The summed E-state index contributed by atoms with van der Waals surface area (Å²) < 4.78 is 5.60. The first-order valence-corrected chi connectivity index (χ1v) is 10.9. The fourth-order valence-electron chi connectivity index (χ4n) is 3.81. The summed E-state index contributed by atoms with van der Waals surface area (Å²) in [5, 5.41) is 8.99. The Labute approximate surface area is 193 Å². The highest BCUT2D eigenvalue weighted by Gasteiger charge is 2.35. The molecule has 33 heavy (non-hydrogen) atoms. The molecule has 0 saturated carbocycles. The number of rotatable bonds is 7. The lowest BCUT2D eigenvalue weighted by Gasteiger charge is -2.23. The van der Waals surface area contributed by atoms with Gasteiger partial charge in [0.25, 0.3) is 5.91 Å². The number of hydrazone groups is 1. The quantitative estimate of drug-likeness (QED) is 0.594. The van der Waals surface area contributed by atoms with Gasteiger partial charge in [0.05, 0.1) is 25.1 Å². The third kappa shape index (κ3) is 5.56. The van der Waals surface area contributed by atoms with Gasteiger partial charge in [0.1, 0.15) is 11.8 Å². The van der Waals surface area contributed by atoms with Crippen molar-refractivity contribution >= 4 is 23.2 Å². The standard InChI is InChI=1S/C26H28N4O3/c1-18-6-10-20(11-7-18)22-15-23(24-5-4-14-33-24)30(28-22)26(32)17-29(3)16-25(31)27-21-12-8-19(2)9-13-21/h4-14,23H,15-17H2,1-3H3,(H,27,31). The lowest BCUT2D eigenvalue weighted by Crippen LogP contribution is -2.39. The van der Waals surface area contributed by atoms with Gasteiger partial charge in [0.15, 0.2) is 0 Å². The molecule has 0 bridgehead atoms. The molecule has 0 saturated heterocycles. The molecule has 2 heterocycles. The second kappa shape index (κ2) is 9.83. The van der Waals surface area contributed by atoms with Crippen LogP contribution in [-0.4, -0.2) is 47.6 Å². The summed E-state index contributed by atoms with van der Waals surface area (Å²) in [6.07, 6.45) is 2.17. The van der Waals surface area contributed by atoms with Crippen molar-refractivity contribution in [2.24, 2.45) is 5.10 Å². The van der Waals surface area contributed by atoms with E-state index in [0.717, 1.165) is 22.5 Å². The van der Waals surface area contributed by atoms with Crippen LogP contribution in [0.1, 0.15) is 34.9 Å². The molecule has 170 valence electrons. The summed E-state index contributed by atoms with van der Waals surface area (Å²) >= 11 is 0. The normalized spacial score (nSPS) is 15.6. The highest BCUT2D eigenvalue weighted by Crippen LogP contribution is 2.33. The molecule has 0 fully saturated rings. The molecule has 7 heteroatoms. The van der Waals surface area contributed by atoms with Crippen LogP contribution in [0.4, 0.5) is 5.69 Å². The fourth-order valence-corrected chi connectivity index (χ4v) is 3.81. The number of anilines is 1. The largest absolute Gasteiger partial charge is 0.467 e. The number of furan rings is 1. The second-order valence-corrected chi connectivity index (χ2v) is 8.47. The van der Waals surface area contributed by atoms with Crippen LogP contribution >= 0.6 is 0 Å².